The van der Waals surface area contributed by atoms with E-state index in [1.165, 1.54) is 131 Å². The van der Waals surface area contributed by atoms with Crippen molar-refractivity contribution < 1.29 is 8.83 Å². The summed E-state index contributed by atoms with van der Waals surface area (Å²) in [6.45, 7) is 0. The fraction of sp³-hybridized carbons (Fsp3) is 0. The van der Waals surface area contributed by atoms with E-state index in [0.717, 1.165) is 99.6 Å². The maximum atomic E-state index is 7.25. The molecular formula is C92H50N4O2. The van der Waals surface area contributed by atoms with Gasteiger partial charge in [0, 0.05) is 81.6 Å². The van der Waals surface area contributed by atoms with Gasteiger partial charge in [-0.1, -0.05) is 212 Å². The first-order chi connectivity index (χ1) is 48.7. The highest BCUT2D eigenvalue weighted by Crippen LogP contribution is 2.54. The number of aromatic nitrogens is 4. The summed E-state index contributed by atoms with van der Waals surface area (Å²) in [4.78, 5) is 0. The summed E-state index contributed by atoms with van der Waals surface area (Å²) >= 11 is 0. The molecule has 6 aromatic heterocycles. The van der Waals surface area contributed by atoms with Crippen molar-refractivity contribution in [3.8, 4) is 78.4 Å². The monoisotopic (exact) mass is 1240 g/mol. The summed E-state index contributed by atoms with van der Waals surface area (Å²) in [5.74, 6) is 0. The molecule has 6 heteroatoms. The number of nitrogens with zero attached hydrogens (tertiary/aromatic N) is 4. The first kappa shape index (κ1) is 51.3. The lowest BCUT2D eigenvalue weighted by Gasteiger charge is -2.15. The van der Waals surface area contributed by atoms with Crippen molar-refractivity contribution in [2.45, 2.75) is 0 Å². The van der Waals surface area contributed by atoms with Crippen LogP contribution in [0.1, 0.15) is 0 Å². The van der Waals surface area contributed by atoms with Crippen LogP contribution in [-0.2, 0) is 0 Å². The van der Waals surface area contributed by atoms with Crippen LogP contribution >= 0.6 is 0 Å². The second-order valence-electron chi connectivity index (χ2n) is 26.8. The van der Waals surface area contributed by atoms with Gasteiger partial charge in [0.2, 0.25) is 0 Å². The maximum Gasteiger partial charge on any atom is 0.143 e. The normalized spacial score (nSPS) is 12.7. The molecule has 0 atom stereocenters. The third-order valence-electron chi connectivity index (χ3n) is 22.2. The third kappa shape index (κ3) is 6.34. The van der Waals surface area contributed by atoms with Crippen LogP contribution in [0, 0.1) is 0 Å². The summed E-state index contributed by atoms with van der Waals surface area (Å²) in [6.07, 6.45) is 0. The molecule has 98 heavy (non-hydrogen) atoms. The zero-order valence-electron chi connectivity index (χ0n) is 52.5. The van der Waals surface area contributed by atoms with Crippen molar-refractivity contribution in [3.05, 3.63) is 303 Å². The lowest BCUT2D eigenvalue weighted by atomic mass is 10.0. The Balaban J connectivity index is 0.705. The van der Waals surface area contributed by atoms with Gasteiger partial charge in [0.1, 0.15) is 22.3 Å². The summed E-state index contributed by atoms with van der Waals surface area (Å²) in [7, 11) is 0. The highest BCUT2D eigenvalue weighted by Gasteiger charge is 2.31. The van der Waals surface area contributed by atoms with Crippen LogP contribution in [0.5, 0.6) is 0 Å². The molecule has 0 amide bonds. The Hall–Kier alpha value is -13.2. The van der Waals surface area contributed by atoms with Crippen LogP contribution in [0.3, 0.4) is 0 Å². The molecule has 6 heterocycles. The number of hydrogen-bond donors (Lipinski definition) is 0. The van der Waals surface area contributed by atoms with Crippen LogP contribution in [0.4, 0.5) is 0 Å². The summed E-state index contributed by atoms with van der Waals surface area (Å²) in [6, 6.07) is 112. The lowest BCUT2D eigenvalue weighted by molar-refractivity contribution is 0.669. The molecule has 0 radical (unpaired) electrons. The molecule has 2 aliphatic carbocycles. The molecule has 0 fully saturated rings. The molecule has 16 aromatic carbocycles. The molecule has 0 aliphatic heterocycles. The van der Waals surface area contributed by atoms with Gasteiger partial charge in [-0.25, -0.2) is 0 Å². The molecular weight excluding hydrogens is 1190 g/mol. The molecule has 0 saturated heterocycles. The molecule has 0 unspecified atom stereocenters. The Labute approximate surface area is 558 Å². The fourth-order valence-electron chi connectivity index (χ4n) is 18.4. The van der Waals surface area contributed by atoms with Crippen molar-refractivity contribution in [2.75, 3.05) is 0 Å². The standard InChI is InChI=1S/C92H50N4O2/c1-2-17-52(18-3-1)94-88-63(42-48-78-85(88)70-24-9-12-33-74(70)95(78)75-45-39-61-57-21-6-4-19-55(57)59-27-15-29-67(75)82(59)61)65-44-50-81-87(90(65)94)72-31-14-26-54(92(72)98-81)51-35-37-53(38-36-51)93-73-32-11-8-23-69(73)84-77(93)47-41-64-66-43-49-80-86(71-25-10-13-34-79(71)97-80)91(66)96(89(64)84)76-46-40-62-58-22-7-5-20-56(58)60-28-16-30-68(76)83(60)62/h1-50H. The Morgan fingerprint density at radius 1 is 0.184 bits per heavy atom. The van der Waals surface area contributed by atoms with Crippen LogP contribution in [0.15, 0.2) is 312 Å². The number of furan rings is 2. The highest BCUT2D eigenvalue weighted by atomic mass is 16.3. The Morgan fingerprint density at radius 3 is 1.22 bits per heavy atom. The quantitative estimate of drug-likeness (QED) is 0.172. The number of para-hydroxylation sites is 5. The first-order valence-corrected chi connectivity index (χ1v) is 33.8. The lowest BCUT2D eigenvalue weighted by Crippen LogP contribution is -1.97. The minimum absolute atomic E-state index is 0.849. The van der Waals surface area contributed by atoms with Gasteiger partial charge in [-0.05, 0) is 152 Å². The van der Waals surface area contributed by atoms with Crippen LogP contribution in [0.2, 0.25) is 0 Å². The van der Waals surface area contributed by atoms with Crippen molar-refractivity contribution in [3.63, 3.8) is 0 Å². The van der Waals surface area contributed by atoms with Gasteiger partial charge < -0.3 is 27.1 Å². The van der Waals surface area contributed by atoms with Crippen LogP contribution in [0.25, 0.3) is 231 Å². The van der Waals surface area contributed by atoms with Crippen LogP contribution in [-0.4, -0.2) is 18.3 Å². The Bertz CT molecular complexity index is 7350. The predicted molar refractivity (Wildman–Crippen MR) is 408 cm³/mol. The highest BCUT2D eigenvalue weighted by molar-refractivity contribution is 6.34. The number of benzene rings is 16. The maximum absolute atomic E-state index is 7.25. The predicted octanol–water partition coefficient (Wildman–Crippen LogP) is 25.1. The molecule has 0 bridgehead atoms. The Morgan fingerprint density at radius 2 is 0.602 bits per heavy atom. The molecule has 2 aliphatic rings. The van der Waals surface area contributed by atoms with Crippen molar-refractivity contribution in [2.24, 2.45) is 0 Å². The van der Waals surface area contributed by atoms with E-state index in [1.807, 2.05) is 0 Å². The number of fused-ring (bicyclic) bond motifs is 28. The molecule has 450 valence electrons. The largest absolute Gasteiger partial charge is 0.456 e. The van der Waals surface area contributed by atoms with E-state index in [-0.39, 0.29) is 0 Å². The number of hydrogen-bond acceptors (Lipinski definition) is 2. The average molecular weight is 1240 g/mol. The molecule has 22 aromatic rings. The minimum Gasteiger partial charge on any atom is -0.456 e. The van der Waals surface area contributed by atoms with Gasteiger partial charge in [0.15, 0.2) is 0 Å². The molecule has 24 rings (SSSR count). The van der Waals surface area contributed by atoms with Gasteiger partial charge in [-0.3, -0.25) is 0 Å². The van der Waals surface area contributed by atoms with Crippen molar-refractivity contribution in [1.29, 1.82) is 0 Å². The first-order valence-electron chi connectivity index (χ1n) is 33.8. The fourth-order valence-corrected chi connectivity index (χ4v) is 18.4. The van der Waals surface area contributed by atoms with Gasteiger partial charge >= 0.3 is 0 Å². The van der Waals surface area contributed by atoms with E-state index in [9.17, 15) is 0 Å². The van der Waals surface area contributed by atoms with Gasteiger partial charge in [0.25, 0.3) is 0 Å². The zero-order valence-corrected chi connectivity index (χ0v) is 52.5. The van der Waals surface area contributed by atoms with E-state index < -0.39 is 0 Å². The van der Waals surface area contributed by atoms with E-state index in [1.54, 1.807) is 0 Å². The second kappa shape index (κ2) is 18.4. The Kier molecular flexibility index (Phi) is 9.63. The topological polar surface area (TPSA) is 46.0 Å². The van der Waals surface area contributed by atoms with E-state index in [0.29, 0.717) is 0 Å². The minimum atomic E-state index is 0.849. The van der Waals surface area contributed by atoms with Crippen molar-refractivity contribution in [1.82, 2.24) is 18.3 Å². The zero-order chi connectivity index (χ0) is 63.3. The summed E-state index contributed by atoms with van der Waals surface area (Å²) in [5.41, 5.74) is 29.6. The molecule has 6 nitrogen and oxygen atoms in total. The van der Waals surface area contributed by atoms with Crippen LogP contribution < -0.4 is 0 Å². The van der Waals surface area contributed by atoms with E-state index >= 15 is 0 Å². The summed E-state index contributed by atoms with van der Waals surface area (Å²) < 4.78 is 24.0. The van der Waals surface area contributed by atoms with Gasteiger partial charge in [0.05, 0.1) is 66.3 Å². The third-order valence-corrected chi connectivity index (χ3v) is 22.2. The molecule has 0 spiro atoms. The van der Waals surface area contributed by atoms with E-state index in [2.05, 4.69) is 322 Å². The van der Waals surface area contributed by atoms with Crippen molar-refractivity contribution >= 4 is 153 Å². The van der Waals surface area contributed by atoms with Gasteiger partial charge in [-0.15, -0.1) is 0 Å². The van der Waals surface area contributed by atoms with E-state index in [4.69, 9.17) is 8.83 Å². The summed E-state index contributed by atoms with van der Waals surface area (Å²) in [5, 5.41) is 19.0. The smallest absolute Gasteiger partial charge is 0.143 e. The SMILES string of the molecule is c1ccc(-n2c3c(ccc4oc5c(-c6ccc(-n7c8ccccc8c8c7ccc7c9ccc%10oc%11ccccc%11c%10c9n(-c9ccc%10c%11c(cccc9%11)-c9ccccc9-%10)c78)cc6)cccc5c43)c3ccc4c(c5ccccc5n4-c4ccc5c6c(cccc46)-c4ccccc4-5)c32)cc1. The molecule has 0 saturated carbocycles. The number of rotatable bonds is 5. The second-order valence-corrected chi connectivity index (χ2v) is 26.8. The molecule has 0 N–H and O–H groups in total. The average Bonchev–Trinajstić information content (AvgIpc) is 1.53. The van der Waals surface area contributed by atoms with Gasteiger partial charge in [-0.2, -0.15) is 0 Å².